The van der Waals surface area contributed by atoms with Crippen LogP contribution in [0, 0.1) is 5.92 Å². The second-order valence-corrected chi connectivity index (χ2v) is 5.19. The van der Waals surface area contributed by atoms with Gasteiger partial charge in [0, 0.05) is 12.1 Å². The first-order valence-electron chi connectivity index (χ1n) is 6.92. The number of hydrogen-bond acceptors (Lipinski definition) is 3. The summed E-state index contributed by atoms with van der Waals surface area (Å²) in [5.74, 6) is 1.44. The molecule has 0 aromatic heterocycles. The minimum Gasteiger partial charge on any atom is -0.495 e. The van der Waals surface area contributed by atoms with Gasteiger partial charge in [-0.05, 0) is 30.5 Å². The zero-order valence-electron chi connectivity index (χ0n) is 11.9. The third kappa shape index (κ3) is 4.60. The lowest BCUT2D eigenvalue weighted by Crippen LogP contribution is -2.13. The van der Waals surface area contributed by atoms with E-state index in [1.807, 2.05) is 6.07 Å². The molecule has 0 saturated heterocycles. The van der Waals surface area contributed by atoms with Crippen LogP contribution < -0.4 is 15.8 Å². The molecule has 1 aliphatic rings. The number of ether oxygens (including phenoxy) is 1. The molecule has 0 radical (unpaired) electrons. The summed E-state index contributed by atoms with van der Waals surface area (Å²) in [5, 5.41) is 2.88. The molecule has 0 spiro atoms. The Morgan fingerprint density at radius 2 is 2.10 bits per heavy atom. The Morgan fingerprint density at radius 3 is 2.70 bits per heavy atom. The van der Waals surface area contributed by atoms with Crippen LogP contribution in [0.25, 0.3) is 0 Å². The molecule has 5 heteroatoms. The Kier molecular flexibility index (Phi) is 6.65. The van der Waals surface area contributed by atoms with Gasteiger partial charge in [0.05, 0.1) is 12.8 Å². The number of nitrogen functional groups attached to an aromatic ring is 1. The summed E-state index contributed by atoms with van der Waals surface area (Å²) in [7, 11) is 1.57. The molecule has 1 fully saturated rings. The molecule has 0 unspecified atom stereocenters. The molecule has 1 aliphatic carbocycles. The third-order valence-electron chi connectivity index (χ3n) is 3.77. The van der Waals surface area contributed by atoms with E-state index < -0.39 is 0 Å². The van der Waals surface area contributed by atoms with Gasteiger partial charge in [0.25, 0.3) is 0 Å². The molecule has 1 aromatic rings. The van der Waals surface area contributed by atoms with Gasteiger partial charge in [-0.2, -0.15) is 0 Å². The van der Waals surface area contributed by atoms with E-state index in [4.69, 9.17) is 10.5 Å². The van der Waals surface area contributed by atoms with E-state index in [2.05, 4.69) is 5.32 Å². The number of nitrogens with two attached hydrogens (primary N) is 1. The van der Waals surface area contributed by atoms with Crippen molar-refractivity contribution in [3.63, 3.8) is 0 Å². The Bertz CT molecular complexity index is 445. The summed E-state index contributed by atoms with van der Waals surface area (Å²) in [6, 6.07) is 5.30. The van der Waals surface area contributed by atoms with Gasteiger partial charge in [-0.15, -0.1) is 12.4 Å². The number of rotatable bonds is 5. The van der Waals surface area contributed by atoms with Crippen molar-refractivity contribution in [2.75, 3.05) is 18.2 Å². The summed E-state index contributed by atoms with van der Waals surface area (Å²) >= 11 is 0. The van der Waals surface area contributed by atoms with Gasteiger partial charge in [0.1, 0.15) is 5.75 Å². The second kappa shape index (κ2) is 8.00. The topological polar surface area (TPSA) is 64.3 Å². The third-order valence-corrected chi connectivity index (χ3v) is 3.77. The average Bonchev–Trinajstić information content (AvgIpc) is 2.90. The fourth-order valence-electron chi connectivity index (χ4n) is 2.67. The fourth-order valence-corrected chi connectivity index (χ4v) is 2.67. The maximum absolute atomic E-state index is 11.9. The molecule has 1 amide bonds. The van der Waals surface area contributed by atoms with Crippen LogP contribution in [0.2, 0.25) is 0 Å². The first-order valence-corrected chi connectivity index (χ1v) is 6.92. The Labute approximate surface area is 126 Å². The Balaban J connectivity index is 0.00000200. The maximum atomic E-state index is 11.9. The summed E-state index contributed by atoms with van der Waals surface area (Å²) < 4.78 is 5.08. The van der Waals surface area contributed by atoms with Gasteiger partial charge < -0.3 is 15.8 Å². The molecular weight excluding hydrogens is 276 g/mol. The molecular formula is C15H23ClN2O2. The van der Waals surface area contributed by atoms with Crippen LogP contribution >= 0.6 is 12.4 Å². The number of benzene rings is 1. The first kappa shape index (κ1) is 16.6. The van der Waals surface area contributed by atoms with Crippen LogP contribution in [0.4, 0.5) is 11.4 Å². The molecule has 20 heavy (non-hydrogen) atoms. The van der Waals surface area contributed by atoms with E-state index in [1.54, 1.807) is 19.2 Å². The minimum atomic E-state index is 0. The maximum Gasteiger partial charge on any atom is 0.224 e. The standard InChI is InChI=1S/C15H22N2O2.ClH/c1-19-14-8-7-12(10-13(14)16)17-15(18)9-6-11-4-2-3-5-11;/h7-8,10-11H,2-6,9,16H2,1H3,(H,17,18);1H. The smallest absolute Gasteiger partial charge is 0.224 e. The van der Waals surface area contributed by atoms with E-state index in [0.717, 1.165) is 18.0 Å². The van der Waals surface area contributed by atoms with E-state index >= 15 is 0 Å². The van der Waals surface area contributed by atoms with E-state index in [-0.39, 0.29) is 18.3 Å². The fraction of sp³-hybridized carbons (Fsp3) is 0.533. The normalized spacial score (nSPS) is 14.7. The zero-order chi connectivity index (χ0) is 13.7. The second-order valence-electron chi connectivity index (χ2n) is 5.19. The number of halogens is 1. The van der Waals surface area contributed by atoms with E-state index in [0.29, 0.717) is 17.9 Å². The molecule has 0 aliphatic heterocycles. The predicted octanol–water partition coefficient (Wildman–Crippen LogP) is 3.61. The molecule has 2 rings (SSSR count). The number of nitrogens with one attached hydrogen (secondary N) is 1. The van der Waals surface area contributed by atoms with Crippen LogP contribution in [-0.4, -0.2) is 13.0 Å². The molecule has 4 nitrogen and oxygen atoms in total. The van der Waals surface area contributed by atoms with Crippen LogP contribution in [-0.2, 0) is 4.79 Å². The van der Waals surface area contributed by atoms with Crippen LogP contribution in [0.5, 0.6) is 5.75 Å². The SMILES string of the molecule is COc1ccc(NC(=O)CCC2CCCC2)cc1N.Cl. The largest absolute Gasteiger partial charge is 0.495 e. The van der Waals surface area contributed by atoms with Crippen molar-refractivity contribution in [3.8, 4) is 5.75 Å². The van der Waals surface area contributed by atoms with Crippen LogP contribution in [0.3, 0.4) is 0 Å². The predicted molar refractivity (Wildman–Crippen MR) is 84.5 cm³/mol. The summed E-state index contributed by atoms with van der Waals surface area (Å²) in [6.45, 7) is 0. The summed E-state index contributed by atoms with van der Waals surface area (Å²) in [4.78, 5) is 11.9. The molecule has 0 bridgehead atoms. The highest BCUT2D eigenvalue weighted by molar-refractivity contribution is 5.91. The number of hydrogen-bond donors (Lipinski definition) is 2. The number of anilines is 2. The highest BCUT2D eigenvalue weighted by atomic mass is 35.5. The van der Waals surface area contributed by atoms with Gasteiger partial charge in [-0.1, -0.05) is 25.7 Å². The van der Waals surface area contributed by atoms with Crippen molar-refractivity contribution in [2.24, 2.45) is 5.92 Å². The number of carbonyl (C=O) groups excluding carboxylic acids is 1. The van der Waals surface area contributed by atoms with E-state index in [1.165, 1.54) is 25.7 Å². The lowest BCUT2D eigenvalue weighted by molar-refractivity contribution is -0.116. The quantitative estimate of drug-likeness (QED) is 0.816. The number of methoxy groups -OCH3 is 1. The molecule has 1 aromatic carbocycles. The van der Waals surface area contributed by atoms with Crippen molar-refractivity contribution in [2.45, 2.75) is 38.5 Å². The molecule has 1 saturated carbocycles. The van der Waals surface area contributed by atoms with Crippen molar-refractivity contribution < 1.29 is 9.53 Å². The van der Waals surface area contributed by atoms with Gasteiger partial charge >= 0.3 is 0 Å². The average molecular weight is 299 g/mol. The summed E-state index contributed by atoms with van der Waals surface area (Å²) in [5.41, 5.74) is 7.07. The lowest BCUT2D eigenvalue weighted by Gasteiger charge is -2.10. The first-order chi connectivity index (χ1) is 9.19. The van der Waals surface area contributed by atoms with Gasteiger partial charge in [-0.25, -0.2) is 0 Å². The highest BCUT2D eigenvalue weighted by Gasteiger charge is 2.16. The van der Waals surface area contributed by atoms with Crippen LogP contribution in [0.15, 0.2) is 18.2 Å². The lowest BCUT2D eigenvalue weighted by atomic mass is 10.0. The molecule has 3 N–H and O–H groups in total. The van der Waals surface area contributed by atoms with Crippen LogP contribution in [0.1, 0.15) is 38.5 Å². The zero-order valence-corrected chi connectivity index (χ0v) is 12.7. The monoisotopic (exact) mass is 298 g/mol. The molecule has 112 valence electrons. The van der Waals surface area contributed by atoms with E-state index in [9.17, 15) is 4.79 Å². The van der Waals surface area contributed by atoms with Gasteiger partial charge in [-0.3, -0.25) is 4.79 Å². The highest BCUT2D eigenvalue weighted by Crippen LogP contribution is 2.29. The van der Waals surface area contributed by atoms with Crippen molar-refractivity contribution >= 4 is 29.7 Å². The van der Waals surface area contributed by atoms with Crippen molar-refractivity contribution in [1.29, 1.82) is 0 Å². The summed E-state index contributed by atoms with van der Waals surface area (Å²) in [6.07, 6.45) is 6.79. The number of carbonyl (C=O) groups is 1. The Hall–Kier alpha value is -1.42. The molecule has 0 heterocycles. The Morgan fingerprint density at radius 1 is 1.40 bits per heavy atom. The van der Waals surface area contributed by atoms with Crippen molar-refractivity contribution in [3.05, 3.63) is 18.2 Å². The number of amides is 1. The van der Waals surface area contributed by atoms with Gasteiger partial charge in [0.2, 0.25) is 5.91 Å². The van der Waals surface area contributed by atoms with Gasteiger partial charge in [0.15, 0.2) is 0 Å². The minimum absolute atomic E-state index is 0. The van der Waals surface area contributed by atoms with Crippen molar-refractivity contribution in [1.82, 2.24) is 0 Å². The molecule has 0 atom stereocenters.